The summed E-state index contributed by atoms with van der Waals surface area (Å²) in [5.74, 6) is 0. The van der Waals surface area contributed by atoms with Gasteiger partial charge in [0, 0.05) is 16.2 Å². The summed E-state index contributed by atoms with van der Waals surface area (Å²) in [6.45, 7) is 9.68. The summed E-state index contributed by atoms with van der Waals surface area (Å²) < 4.78 is 0. The van der Waals surface area contributed by atoms with Gasteiger partial charge in [0.25, 0.3) is 0 Å². The molecule has 2 atom stereocenters. The lowest BCUT2D eigenvalue weighted by atomic mass is 10.0. The van der Waals surface area contributed by atoms with Gasteiger partial charge in [-0.2, -0.15) is 0 Å². The number of hydrogen-bond acceptors (Lipinski definition) is 3. The minimum absolute atomic E-state index is 0.0924. The fourth-order valence-electron chi connectivity index (χ4n) is 2.47. The Hall–Kier alpha value is -0.510. The predicted octanol–water partition coefficient (Wildman–Crippen LogP) is 5.17. The molecular weight excluding hydrogens is 290 g/mol. The normalized spacial score (nSPS) is 14.3. The summed E-state index contributed by atoms with van der Waals surface area (Å²) in [6.07, 6.45) is 5.98. The van der Waals surface area contributed by atoms with E-state index in [1.54, 1.807) is 0 Å². The van der Waals surface area contributed by atoms with Crippen molar-refractivity contribution in [3.63, 3.8) is 0 Å². The van der Waals surface area contributed by atoms with Crippen molar-refractivity contribution >= 4 is 11.8 Å². The van der Waals surface area contributed by atoms with Crippen molar-refractivity contribution in [2.24, 2.45) is 0 Å². The quantitative estimate of drug-likeness (QED) is 0.435. The van der Waals surface area contributed by atoms with Gasteiger partial charge in [0.05, 0.1) is 6.10 Å². The fourth-order valence-corrected chi connectivity index (χ4v) is 3.31. The Bertz CT molecular complexity index is 391. The van der Waals surface area contributed by atoms with Crippen molar-refractivity contribution in [1.29, 1.82) is 0 Å². The molecule has 1 rings (SSSR count). The van der Waals surface area contributed by atoms with Crippen LogP contribution in [0.2, 0.25) is 0 Å². The molecule has 1 aromatic carbocycles. The van der Waals surface area contributed by atoms with E-state index >= 15 is 0 Å². The Balaban J connectivity index is 2.34. The summed E-state index contributed by atoms with van der Waals surface area (Å²) in [6, 6.07) is 8.42. The first kappa shape index (κ1) is 19.5. The first-order valence-electron chi connectivity index (χ1n) is 8.72. The van der Waals surface area contributed by atoms with Crippen molar-refractivity contribution in [2.75, 3.05) is 6.54 Å². The van der Waals surface area contributed by atoms with Gasteiger partial charge in [-0.1, -0.05) is 58.6 Å². The zero-order valence-electron chi connectivity index (χ0n) is 14.6. The molecule has 3 heteroatoms. The van der Waals surface area contributed by atoms with E-state index in [2.05, 4.69) is 57.3 Å². The Morgan fingerprint density at radius 2 is 1.64 bits per heavy atom. The molecule has 1 aromatic rings. The highest BCUT2D eigenvalue weighted by molar-refractivity contribution is 7.99. The second kappa shape index (κ2) is 11.1. The SMILES string of the molecule is CCCCCCCNC(C)C(O)c1ccc(SC(C)C)cc1. The maximum absolute atomic E-state index is 10.4. The van der Waals surface area contributed by atoms with E-state index < -0.39 is 6.10 Å². The van der Waals surface area contributed by atoms with Crippen molar-refractivity contribution in [3.8, 4) is 0 Å². The molecule has 0 spiro atoms. The molecular formula is C19H33NOS. The number of unbranched alkanes of at least 4 members (excludes halogenated alkanes) is 4. The number of nitrogens with one attached hydrogen (secondary N) is 1. The highest BCUT2D eigenvalue weighted by atomic mass is 32.2. The standard InChI is InChI=1S/C19H33NOS/c1-5-6-7-8-9-14-20-16(4)19(21)17-10-12-18(13-11-17)22-15(2)3/h10-13,15-16,19-21H,5-9,14H2,1-4H3. The highest BCUT2D eigenvalue weighted by Gasteiger charge is 2.15. The zero-order chi connectivity index (χ0) is 16.4. The molecule has 126 valence electrons. The maximum atomic E-state index is 10.4. The summed E-state index contributed by atoms with van der Waals surface area (Å²) in [4.78, 5) is 1.27. The average Bonchev–Trinajstić information content (AvgIpc) is 2.50. The number of benzene rings is 1. The number of thioether (sulfide) groups is 1. The summed E-state index contributed by atoms with van der Waals surface area (Å²) in [5, 5.41) is 14.5. The molecule has 0 aliphatic heterocycles. The molecule has 0 heterocycles. The Morgan fingerprint density at radius 3 is 2.23 bits per heavy atom. The van der Waals surface area contributed by atoms with Crippen LogP contribution in [-0.4, -0.2) is 22.9 Å². The molecule has 0 saturated heterocycles. The molecule has 0 aromatic heterocycles. The Labute approximate surface area is 141 Å². The zero-order valence-corrected chi connectivity index (χ0v) is 15.5. The first-order valence-corrected chi connectivity index (χ1v) is 9.60. The van der Waals surface area contributed by atoms with Crippen molar-refractivity contribution < 1.29 is 5.11 Å². The van der Waals surface area contributed by atoms with Gasteiger partial charge in [-0.3, -0.25) is 0 Å². The van der Waals surface area contributed by atoms with Gasteiger partial charge in [0.1, 0.15) is 0 Å². The third-order valence-electron chi connectivity index (χ3n) is 3.81. The number of aliphatic hydroxyl groups is 1. The molecule has 0 fully saturated rings. The average molecular weight is 324 g/mol. The molecule has 0 amide bonds. The molecule has 2 nitrogen and oxygen atoms in total. The van der Waals surface area contributed by atoms with Crippen LogP contribution in [0.3, 0.4) is 0 Å². The van der Waals surface area contributed by atoms with Crippen LogP contribution >= 0.6 is 11.8 Å². The lowest BCUT2D eigenvalue weighted by Gasteiger charge is -2.21. The molecule has 2 N–H and O–H groups in total. The summed E-state index contributed by atoms with van der Waals surface area (Å²) in [7, 11) is 0. The molecule has 2 unspecified atom stereocenters. The highest BCUT2D eigenvalue weighted by Crippen LogP contribution is 2.25. The van der Waals surface area contributed by atoms with Gasteiger partial charge >= 0.3 is 0 Å². The second-order valence-corrected chi connectivity index (χ2v) is 7.99. The third kappa shape index (κ3) is 7.66. The van der Waals surface area contributed by atoms with Gasteiger partial charge in [-0.15, -0.1) is 11.8 Å². The van der Waals surface area contributed by atoms with E-state index in [1.807, 2.05) is 11.8 Å². The van der Waals surface area contributed by atoms with Crippen LogP contribution in [0.1, 0.15) is 71.5 Å². The van der Waals surface area contributed by atoms with Gasteiger partial charge in [0.15, 0.2) is 0 Å². The fraction of sp³-hybridized carbons (Fsp3) is 0.684. The van der Waals surface area contributed by atoms with Crippen molar-refractivity contribution in [1.82, 2.24) is 5.32 Å². The maximum Gasteiger partial charge on any atom is 0.0940 e. The van der Waals surface area contributed by atoms with E-state index in [4.69, 9.17) is 0 Å². The van der Waals surface area contributed by atoms with E-state index in [1.165, 1.54) is 37.0 Å². The number of hydrogen-bond donors (Lipinski definition) is 2. The van der Waals surface area contributed by atoms with E-state index in [0.717, 1.165) is 12.1 Å². The molecule has 22 heavy (non-hydrogen) atoms. The van der Waals surface area contributed by atoms with Crippen molar-refractivity contribution in [2.45, 2.75) is 82.1 Å². The van der Waals surface area contributed by atoms with Crippen LogP contribution in [0.15, 0.2) is 29.2 Å². The Morgan fingerprint density at radius 1 is 1.00 bits per heavy atom. The van der Waals surface area contributed by atoms with Crippen molar-refractivity contribution in [3.05, 3.63) is 29.8 Å². The smallest absolute Gasteiger partial charge is 0.0940 e. The minimum atomic E-state index is -0.436. The third-order valence-corrected chi connectivity index (χ3v) is 4.83. The van der Waals surface area contributed by atoms with Gasteiger partial charge in [0.2, 0.25) is 0 Å². The van der Waals surface area contributed by atoms with Crippen LogP contribution in [0, 0.1) is 0 Å². The molecule has 0 aliphatic carbocycles. The lowest BCUT2D eigenvalue weighted by molar-refractivity contribution is 0.136. The Kier molecular flexibility index (Phi) is 9.85. The monoisotopic (exact) mass is 323 g/mol. The minimum Gasteiger partial charge on any atom is -0.387 e. The lowest BCUT2D eigenvalue weighted by Crippen LogP contribution is -2.32. The van der Waals surface area contributed by atoms with Crippen LogP contribution in [0.5, 0.6) is 0 Å². The summed E-state index contributed by atoms with van der Waals surface area (Å²) in [5.41, 5.74) is 0.999. The van der Waals surface area contributed by atoms with E-state index in [0.29, 0.717) is 5.25 Å². The molecule has 0 bridgehead atoms. The number of rotatable bonds is 11. The molecule has 0 aliphatic rings. The van der Waals surface area contributed by atoms with Gasteiger partial charge in [-0.25, -0.2) is 0 Å². The molecule has 0 saturated carbocycles. The summed E-state index contributed by atoms with van der Waals surface area (Å²) >= 11 is 1.85. The van der Waals surface area contributed by atoms with Crippen LogP contribution in [0.25, 0.3) is 0 Å². The number of aliphatic hydroxyl groups excluding tert-OH is 1. The van der Waals surface area contributed by atoms with Crippen LogP contribution < -0.4 is 5.32 Å². The largest absolute Gasteiger partial charge is 0.387 e. The van der Waals surface area contributed by atoms with Gasteiger partial charge in [-0.05, 0) is 37.6 Å². The van der Waals surface area contributed by atoms with E-state index in [-0.39, 0.29) is 6.04 Å². The molecule has 0 radical (unpaired) electrons. The second-order valence-electron chi connectivity index (χ2n) is 6.34. The predicted molar refractivity (Wildman–Crippen MR) is 98.6 cm³/mol. The van der Waals surface area contributed by atoms with Crippen LogP contribution in [-0.2, 0) is 0 Å². The topological polar surface area (TPSA) is 32.3 Å². The first-order chi connectivity index (χ1) is 10.5. The van der Waals surface area contributed by atoms with Crippen LogP contribution in [0.4, 0.5) is 0 Å². The van der Waals surface area contributed by atoms with Gasteiger partial charge < -0.3 is 10.4 Å². The van der Waals surface area contributed by atoms with E-state index in [9.17, 15) is 5.11 Å².